The third kappa shape index (κ3) is 2.88. The van der Waals surface area contributed by atoms with Gasteiger partial charge in [0.25, 0.3) is 10.0 Å². The van der Waals surface area contributed by atoms with Gasteiger partial charge in [-0.1, -0.05) is 0 Å². The van der Waals surface area contributed by atoms with E-state index in [1.54, 1.807) is 5.38 Å². The van der Waals surface area contributed by atoms with Crippen LogP contribution in [-0.4, -0.2) is 21.5 Å². The molecule has 0 aliphatic rings. The minimum absolute atomic E-state index is 0.0898. The quantitative estimate of drug-likeness (QED) is 0.840. The molecule has 9 heteroatoms. The van der Waals surface area contributed by atoms with E-state index in [4.69, 9.17) is 5.73 Å². The number of nitrogens with one attached hydrogen (secondary N) is 1. The number of methoxy groups -OCH3 is 1. The SMILES string of the molecule is COC(=O)c1sccc1NS(=O)(=O)c1cc(N)cs1. The summed E-state index contributed by atoms with van der Waals surface area (Å²) >= 11 is 2.11. The van der Waals surface area contributed by atoms with Crippen molar-refractivity contribution in [1.82, 2.24) is 0 Å². The molecule has 0 aliphatic heterocycles. The normalized spacial score (nSPS) is 11.2. The van der Waals surface area contributed by atoms with Crippen LogP contribution in [-0.2, 0) is 14.8 Å². The molecular weight excluding hydrogens is 308 g/mol. The van der Waals surface area contributed by atoms with Gasteiger partial charge in [0.1, 0.15) is 9.09 Å². The third-order valence-electron chi connectivity index (χ3n) is 2.14. The lowest BCUT2D eigenvalue weighted by atomic mass is 10.4. The Balaban J connectivity index is 2.31. The van der Waals surface area contributed by atoms with Gasteiger partial charge in [0.2, 0.25) is 0 Å². The molecule has 0 spiro atoms. The van der Waals surface area contributed by atoms with E-state index in [9.17, 15) is 13.2 Å². The van der Waals surface area contributed by atoms with Crippen molar-refractivity contribution in [1.29, 1.82) is 0 Å². The molecule has 2 aromatic rings. The largest absolute Gasteiger partial charge is 0.465 e. The highest BCUT2D eigenvalue weighted by Crippen LogP contribution is 2.28. The summed E-state index contributed by atoms with van der Waals surface area (Å²) in [4.78, 5) is 11.7. The van der Waals surface area contributed by atoms with Crippen LogP contribution >= 0.6 is 22.7 Å². The molecule has 3 N–H and O–H groups in total. The maximum Gasteiger partial charge on any atom is 0.350 e. The van der Waals surface area contributed by atoms with Gasteiger partial charge in [-0.25, -0.2) is 13.2 Å². The van der Waals surface area contributed by atoms with Gasteiger partial charge in [0.15, 0.2) is 0 Å². The van der Waals surface area contributed by atoms with Gasteiger partial charge in [-0.2, -0.15) is 0 Å². The van der Waals surface area contributed by atoms with Gasteiger partial charge in [0.05, 0.1) is 12.8 Å². The van der Waals surface area contributed by atoms with Crippen LogP contribution in [0.2, 0.25) is 0 Å². The molecule has 0 unspecified atom stereocenters. The first-order valence-electron chi connectivity index (χ1n) is 4.96. The Morgan fingerprint density at radius 3 is 2.74 bits per heavy atom. The lowest BCUT2D eigenvalue weighted by Gasteiger charge is -2.06. The highest BCUT2D eigenvalue weighted by atomic mass is 32.2. The molecule has 6 nitrogen and oxygen atoms in total. The first-order valence-corrected chi connectivity index (χ1v) is 8.21. The van der Waals surface area contributed by atoms with Gasteiger partial charge in [-0.3, -0.25) is 4.72 Å². The molecule has 0 amide bonds. The maximum absolute atomic E-state index is 12.1. The standard InChI is InChI=1S/C10H10N2O4S3/c1-16-10(13)9-7(2-3-17-9)12-19(14,15)8-4-6(11)5-18-8/h2-5,12H,11H2,1H3. The summed E-state index contributed by atoms with van der Waals surface area (Å²) in [5.74, 6) is -0.585. The molecule has 0 bridgehead atoms. The average molecular weight is 318 g/mol. The molecule has 0 aliphatic carbocycles. The Morgan fingerprint density at radius 1 is 1.42 bits per heavy atom. The fourth-order valence-electron chi connectivity index (χ4n) is 1.31. The Labute approximate surface area is 117 Å². The minimum Gasteiger partial charge on any atom is -0.465 e. The van der Waals surface area contributed by atoms with Crippen molar-refractivity contribution in [3.63, 3.8) is 0 Å². The van der Waals surface area contributed by atoms with Gasteiger partial charge in [-0.15, -0.1) is 22.7 Å². The van der Waals surface area contributed by atoms with Gasteiger partial charge < -0.3 is 10.5 Å². The Bertz CT molecular complexity index is 702. The zero-order valence-corrected chi connectivity index (χ0v) is 12.2. The zero-order chi connectivity index (χ0) is 14.0. The van der Waals surface area contributed by atoms with E-state index in [0.717, 1.165) is 22.7 Å². The van der Waals surface area contributed by atoms with Crippen molar-refractivity contribution in [2.75, 3.05) is 17.6 Å². The molecule has 2 rings (SSSR count). The summed E-state index contributed by atoms with van der Waals surface area (Å²) in [6.45, 7) is 0. The van der Waals surface area contributed by atoms with Gasteiger partial charge >= 0.3 is 5.97 Å². The van der Waals surface area contributed by atoms with Crippen molar-refractivity contribution in [2.24, 2.45) is 0 Å². The smallest absolute Gasteiger partial charge is 0.350 e. The number of anilines is 2. The number of nitrogen functional groups attached to an aromatic ring is 1. The topological polar surface area (TPSA) is 98.5 Å². The predicted molar refractivity (Wildman–Crippen MR) is 75.2 cm³/mol. The van der Waals surface area contributed by atoms with Crippen LogP contribution < -0.4 is 10.5 Å². The fraction of sp³-hybridized carbons (Fsp3) is 0.100. The summed E-state index contributed by atoms with van der Waals surface area (Å²) in [6.07, 6.45) is 0. The lowest BCUT2D eigenvalue weighted by molar-refractivity contribution is 0.0607. The number of hydrogen-bond acceptors (Lipinski definition) is 7. The molecule has 0 saturated carbocycles. The summed E-state index contributed by atoms with van der Waals surface area (Å²) < 4.78 is 31.2. The van der Waals surface area contributed by atoms with Crippen molar-refractivity contribution < 1.29 is 17.9 Å². The van der Waals surface area contributed by atoms with E-state index in [1.165, 1.54) is 24.6 Å². The number of sulfonamides is 1. The van der Waals surface area contributed by atoms with Gasteiger partial charge in [-0.05, 0) is 17.5 Å². The van der Waals surface area contributed by atoms with E-state index in [1.807, 2.05) is 0 Å². The van der Waals surface area contributed by atoms with Crippen LogP contribution in [0.15, 0.2) is 27.1 Å². The van der Waals surface area contributed by atoms with Crippen LogP contribution in [0.25, 0.3) is 0 Å². The van der Waals surface area contributed by atoms with Crippen LogP contribution in [0.1, 0.15) is 9.67 Å². The van der Waals surface area contributed by atoms with Crippen molar-refractivity contribution >= 4 is 50.0 Å². The predicted octanol–water partition coefficient (Wildman–Crippen LogP) is 1.98. The summed E-state index contributed by atoms with van der Waals surface area (Å²) in [6, 6.07) is 2.86. The van der Waals surface area contributed by atoms with Crippen molar-refractivity contribution in [3.05, 3.63) is 27.8 Å². The number of esters is 1. The first-order chi connectivity index (χ1) is 8.94. The molecule has 0 atom stereocenters. The number of thiophene rings is 2. The van der Waals surface area contributed by atoms with Crippen LogP contribution in [0.5, 0.6) is 0 Å². The Morgan fingerprint density at radius 2 is 2.16 bits per heavy atom. The number of nitrogens with two attached hydrogens (primary N) is 1. The first kappa shape index (κ1) is 13.8. The number of carbonyl (C=O) groups excluding carboxylic acids is 1. The molecule has 0 aromatic carbocycles. The van der Waals surface area contributed by atoms with Crippen molar-refractivity contribution in [3.8, 4) is 0 Å². The molecule has 0 radical (unpaired) electrons. The number of ether oxygens (including phenoxy) is 1. The lowest BCUT2D eigenvalue weighted by Crippen LogP contribution is -2.13. The molecule has 2 heterocycles. The van der Waals surface area contributed by atoms with Crippen molar-refractivity contribution in [2.45, 2.75) is 4.21 Å². The van der Waals surface area contributed by atoms with Crippen LogP contribution in [0.3, 0.4) is 0 Å². The average Bonchev–Trinajstić information content (AvgIpc) is 2.97. The second-order valence-electron chi connectivity index (χ2n) is 3.46. The van der Waals surface area contributed by atoms with Crippen LogP contribution in [0, 0.1) is 0 Å². The van der Waals surface area contributed by atoms with E-state index in [2.05, 4.69) is 9.46 Å². The Kier molecular flexibility index (Phi) is 3.78. The highest BCUT2D eigenvalue weighted by Gasteiger charge is 2.21. The second kappa shape index (κ2) is 5.19. The molecule has 19 heavy (non-hydrogen) atoms. The molecule has 0 saturated heterocycles. The fourth-order valence-corrected chi connectivity index (χ4v) is 4.29. The Hall–Kier alpha value is -1.58. The summed E-state index contributed by atoms with van der Waals surface area (Å²) in [7, 11) is -2.50. The number of hydrogen-bond donors (Lipinski definition) is 2. The third-order valence-corrected chi connectivity index (χ3v) is 5.86. The molecular formula is C10H10N2O4S3. The maximum atomic E-state index is 12.1. The summed E-state index contributed by atoms with van der Waals surface area (Å²) in [5.41, 5.74) is 6.07. The van der Waals surface area contributed by atoms with E-state index in [-0.39, 0.29) is 14.8 Å². The van der Waals surface area contributed by atoms with Gasteiger partial charge in [0, 0.05) is 11.1 Å². The van der Waals surface area contributed by atoms with E-state index < -0.39 is 16.0 Å². The number of carbonyl (C=O) groups is 1. The molecule has 102 valence electrons. The highest BCUT2D eigenvalue weighted by molar-refractivity contribution is 7.94. The van der Waals surface area contributed by atoms with Crippen LogP contribution in [0.4, 0.5) is 11.4 Å². The van der Waals surface area contributed by atoms with E-state index >= 15 is 0 Å². The summed E-state index contributed by atoms with van der Waals surface area (Å²) in [5, 5.41) is 3.14. The minimum atomic E-state index is -3.74. The van der Waals surface area contributed by atoms with E-state index in [0.29, 0.717) is 5.69 Å². The molecule has 0 fully saturated rings. The zero-order valence-electron chi connectivity index (χ0n) is 9.74. The monoisotopic (exact) mass is 318 g/mol. The second-order valence-corrected chi connectivity index (χ2v) is 7.20. The number of rotatable bonds is 4. The molecule has 2 aromatic heterocycles.